The van der Waals surface area contributed by atoms with Gasteiger partial charge in [-0.1, -0.05) is 73.4 Å². The second kappa shape index (κ2) is 11.4. The summed E-state index contributed by atoms with van der Waals surface area (Å²) >= 11 is 7.35. The number of alkyl halides is 2. The summed E-state index contributed by atoms with van der Waals surface area (Å²) in [5.74, 6) is 4.83. The highest BCUT2D eigenvalue weighted by Crippen LogP contribution is 2.72. The lowest BCUT2D eigenvalue weighted by molar-refractivity contribution is -0.172. The van der Waals surface area contributed by atoms with Crippen LogP contribution in [0.1, 0.15) is 144 Å². The molecule has 0 amide bonds. The third kappa shape index (κ3) is 4.72. The Balaban J connectivity index is 0.000000147. The lowest BCUT2D eigenvalue weighted by atomic mass is 9.40. The lowest BCUT2D eigenvalue weighted by Crippen LogP contribution is -2.59. The predicted octanol–water partition coefficient (Wildman–Crippen LogP) is 9.45. The number of rotatable bonds is 0. The van der Waals surface area contributed by atoms with Crippen molar-refractivity contribution in [2.75, 3.05) is 0 Å². The van der Waals surface area contributed by atoms with Gasteiger partial charge in [-0.25, -0.2) is 0 Å². The minimum absolute atomic E-state index is 0.0757. The molecule has 2 N–H and O–H groups in total. The summed E-state index contributed by atoms with van der Waals surface area (Å²) in [4.78, 5) is 25.8. The number of aliphatic hydroxyl groups excluding tert-OH is 2. The first kappa shape index (κ1) is 34.7. The SMILES string of the molecule is C[C@]12CC[C@H](O)C[C@@H]1CC[C@]1(C)[C@@H]2CC[C@]2(C)C(=O)[C@H](Br)C[C@@H]12.C[C@]12CC[C@H](O)C[C@@H]1CC[C@]1(C)[C@@H]2CC[C@]2(C)C(=O)[C@H](Br)C[C@@H]12. The van der Waals surface area contributed by atoms with Crippen LogP contribution in [0.15, 0.2) is 0 Å². The normalized spacial score (nSPS) is 59.2. The lowest BCUT2D eigenvalue weighted by Gasteiger charge is -2.65. The maximum absolute atomic E-state index is 12.8. The summed E-state index contributed by atoms with van der Waals surface area (Å²) in [5.41, 5.74) is 1.16. The van der Waals surface area contributed by atoms with Gasteiger partial charge < -0.3 is 10.2 Å². The number of halogens is 2. The van der Waals surface area contributed by atoms with Crippen LogP contribution < -0.4 is 0 Å². The smallest absolute Gasteiger partial charge is 0.152 e. The summed E-state index contributed by atoms with van der Waals surface area (Å²) in [6.45, 7) is 14.5. The zero-order valence-electron chi connectivity index (χ0n) is 29.6. The molecule has 0 aromatic carbocycles. The third-order valence-electron chi connectivity index (χ3n) is 17.9. The number of carbonyl (C=O) groups is 2. The molecule has 8 saturated carbocycles. The van der Waals surface area contributed by atoms with Gasteiger partial charge in [0.15, 0.2) is 11.6 Å². The van der Waals surface area contributed by atoms with E-state index in [9.17, 15) is 19.8 Å². The van der Waals surface area contributed by atoms with Crippen molar-refractivity contribution in [1.82, 2.24) is 0 Å². The minimum Gasteiger partial charge on any atom is -0.393 e. The van der Waals surface area contributed by atoms with E-state index in [1.807, 2.05) is 0 Å². The summed E-state index contributed by atoms with van der Waals surface area (Å²) in [6.07, 6.45) is 17.8. The summed E-state index contributed by atoms with van der Waals surface area (Å²) in [7, 11) is 0. The molecule has 8 fully saturated rings. The molecule has 16 atom stereocenters. The van der Waals surface area contributed by atoms with Gasteiger partial charge in [-0.2, -0.15) is 0 Å². The first-order valence-electron chi connectivity index (χ1n) is 19.2. The van der Waals surface area contributed by atoms with E-state index in [1.165, 1.54) is 51.4 Å². The molecule has 8 aliphatic carbocycles. The second-order valence-corrected chi connectivity index (χ2v) is 21.8. The highest BCUT2D eigenvalue weighted by Gasteiger charge is 2.68. The fourth-order valence-corrected chi connectivity index (χ4v) is 17.1. The molecule has 0 aliphatic heterocycles. The molecule has 0 spiro atoms. The monoisotopic (exact) mass is 764 g/mol. The molecular weight excluding hydrogens is 704 g/mol. The largest absolute Gasteiger partial charge is 0.393 e. The van der Waals surface area contributed by atoms with Crippen LogP contribution >= 0.6 is 31.9 Å². The van der Waals surface area contributed by atoms with Crippen molar-refractivity contribution in [3.05, 3.63) is 0 Å². The molecule has 4 nitrogen and oxygen atoms in total. The fraction of sp³-hybridized carbons (Fsp3) is 0.950. The van der Waals surface area contributed by atoms with E-state index in [-0.39, 0.29) is 32.7 Å². The summed E-state index contributed by atoms with van der Waals surface area (Å²) < 4.78 is 0. The Labute approximate surface area is 296 Å². The van der Waals surface area contributed by atoms with E-state index >= 15 is 0 Å². The first-order chi connectivity index (χ1) is 21.4. The molecule has 0 bridgehead atoms. The Morgan fingerprint density at radius 1 is 0.478 bits per heavy atom. The number of ketones is 2. The van der Waals surface area contributed by atoms with Gasteiger partial charge in [0.1, 0.15) is 0 Å². The van der Waals surface area contributed by atoms with Crippen molar-refractivity contribution in [3.8, 4) is 0 Å². The molecule has 260 valence electrons. The highest BCUT2D eigenvalue weighted by atomic mass is 79.9. The molecule has 6 heteroatoms. The van der Waals surface area contributed by atoms with Crippen LogP contribution in [0, 0.1) is 68.0 Å². The minimum atomic E-state index is -0.100. The number of Topliss-reactive ketones (excluding diaryl/α,β-unsaturated/α-hetero) is 2. The van der Waals surface area contributed by atoms with Gasteiger partial charge in [0.05, 0.1) is 21.9 Å². The predicted molar refractivity (Wildman–Crippen MR) is 191 cm³/mol. The number of fused-ring (bicyclic) bond motifs is 10. The Morgan fingerprint density at radius 3 is 1.20 bits per heavy atom. The quantitative estimate of drug-likeness (QED) is 0.241. The summed E-state index contributed by atoms with van der Waals surface area (Å²) in [5, 5.41) is 20.3. The third-order valence-corrected chi connectivity index (χ3v) is 19.5. The zero-order chi connectivity index (χ0) is 33.2. The number of aliphatic hydroxyl groups is 2. The van der Waals surface area contributed by atoms with Gasteiger partial charge in [0.25, 0.3) is 0 Å². The first-order valence-corrected chi connectivity index (χ1v) is 21.0. The second-order valence-electron chi connectivity index (χ2n) is 19.6. The van der Waals surface area contributed by atoms with Crippen LogP contribution in [-0.2, 0) is 9.59 Å². The van der Waals surface area contributed by atoms with Gasteiger partial charge >= 0.3 is 0 Å². The molecule has 0 radical (unpaired) electrons. The number of hydrogen-bond donors (Lipinski definition) is 2. The van der Waals surface area contributed by atoms with Crippen LogP contribution in [0.5, 0.6) is 0 Å². The van der Waals surface area contributed by atoms with E-state index in [1.54, 1.807) is 0 Å². The number of hydrogen-bond acceptors (Lipinski definition) is 4. The average Bonchev–Trinajstić information content (AvgIpc) is 3.39. The molecule has 0 saturated heterocycles. The van der Waals surface area contributed by atoms with Gasteiger partial charge in [-0.3, -0.25) is 9.59 Å². The molecule has 8 aliphatic rings. The van der Waals surface area contributed by atoms with Crippen LogP contribution in [0.25, 0.3) is 0 Å². The Morgan fingerprint density at radius 2 is 0.826 bits per heavy atom. The van der Waals surface area contributed by atoms with E-state index in [2.05, 4.69) is 73.4 Å². The van der Waals surface area contributed by atoms with E-state index in [0.29, 0.717) is 56.9 Å². The molecule has 0 unspecified atom stereocenters. The molecule has 0 heterocycles. The summed E-state index contributed by atoms with van der Waals surface area (Å²) in [6, 6.07) is 0. The fourth-order valence-electron chi connectivity index (χ4n) is 15.3. The van der Waals surface area contributed by atoms with E-state index < -0.39 is 0 Å². The van der Waals surface area contributed by atoms with Crippen molar-refractivity contribution in [1.29, 1.82) is 0 Å². The Bertz CT molecular complexity index is 1160. The zero-order valence-corrected chi connectivity index (χ0v) is 32.7. The Hall–Kier alpha value is 0.220. The molecule has 0 aromatic heterocycles. The molecule has 46 heavy (non-hydrogen) atoms. The van der Waals surface area contributed by atoms with Crippen LogP contribution in [-0.4, -0.2) is 43.6 Å². The van der Waals surface area contributed by atoms with E-state index in [0.717, 1.165) is 63.2 Å². The average molecular weight is 767 g/mol. The Kier molecular flexibility index (Phi) is 8.56. The van der Waals surface area contributed by atoms with Crippen molar-refractivity contribution >= 4 is 43.4 Å². The van der Waals surface area contributed by atoms with Crippen LogP contribution in [0.2, 0.25) is 0 Å². The maximum Gasteiger partial charge on any atom is 0.152 e. The van der Waals surface area contributed by atoms with Crippen molar-refractivity contribution in [3.63, 3.8) is 0 Å². The topological polar surface area (TPSA) is 74.6 Å². The van der Waals surface area contributed by atoms with Gasteiger partial charge in [0.2, 0.25) is 0 Å². The van der Waals surface area contributed by atoms with Crippen molar-refractivity contribution < 1.29 is 19.8 Å². The van der Waals surface area contributed by atoms with Crippen LogP contribution in [0.3, 0.4) is 0 Å². The van der Waals surface area contributed by atoms with Gasteiger partial charge in [-0.15, -0.1) is 0 Å². The number of carbonyl (C=O) groups excluding carboxylic acids is 2. The van der Waals surface area contributed by atoms with Gasteiger partial charge in [0, 0.05) is 10.8 Å². The van der Waals surface area contributed by atoms with Crippen molar-refractivity contribution in [2.24, 2.45) is 68.0 Å². The standard InChI is InChI=1S/2C20H31BrO2/c2*1-18-8-5-13(22)10-12(18)4-7-19(2)15(18)6-9-20(3)16(19)11-14(21)17(20)23/h2*12-16,22H,4-11H2,1-3H3/t2*12-,13-,14+,15+,16-,18-,19+,20-/m00/s1. The van der Waals surface area contributed by atoms with Gasteiger partial charge in [-0.05, 0) is 160 Å². The molecule has 8 rings (SSSR count). The molecular formula is C40H62Br2O4. The maximum atomic E-state index is 12.8. The van der Waals surface area contributed by atoms with E-state index in [4.69, 9.17) is 0 Å². The van der Waals surface area contributed by atoms with Crippen LogP contribution in [0.4, 0.5) is 0 Å². The highest BCUT2D eigenvalue weighted by molar-refractivity contribution is 9.10. The molecule has 0 aromatic rings. The van der Waals surface area contributed by atoms with Crippen molar-refractivity contribution in [2.45, 2.75) is 166 Å².